The molecule has 25 heavy (non-hydrogen) atoms. The molecule has 1 aromatic carbocycles. The molecule has 0 spiro atoms. The van der Waals surface area contributed by atoms with Crippen LogP contribution in [0.25, 0.3) is 0 Å². The largest absolute Gasteiger partial charge is 0.428 e. The van der Waals surface area contributed by atoms with Gasteiger partial charge in [-0.15, -0.1) is 0 Å². The summed E-state index contributed by atoms with van der Waals surface area (Å²) in [5, 5.41) is 14.7. The third kappa shape index (κ3) is 3.82. The molecule has 1 aromatic rings. The van der Waals surface area contributed by atoms with Crippen molar-refractivity contribution in [3.8, 4) is 0 Å². The molecule has 2 N–H and O–H groups in total. The van der Waals surface area contributed by atoms with Crippen molar-refractivity contribution < 1.29 is 14.6 Å². The first-order chi connectivity index (χ1) is 12.1. The molecule has 0 bridgehead atoms. The maximum absolute atomic E-state index is 13.0. The van der Waals surface area contributed by atoms with E-state index in [-0.39, 0.29) is 5.92 Å². The van der Waals surface area contributed by atoms with Crippen LogP contribution in [0.4, 0.5) is 0 Å². The van der Waals surface area contributed by atoms with E-state index in [0.29, 0.717) is 5.56 Å². The van der Waals surface area contributed by atoms with E-state index in [9.17, 15) is 9.90 Å². The van der Waals surface area contributed by atoms with Crippen molar-refractivity contribution in [1.82, 2.24) is 10.2 Å². The Morgan fingerprint density at radius 1 is 1.24 bits per heavy atom. The summed E-state index contributed by atoms with van der Waals surface area (Å²) in [5.41, 5.74) is -0.971. The van der Waals surface area contributed by atoms with Crippen LogP contribution < -0.4 is 5.32 Å². The van der Waals surface area contributed by atoms with Gasteiger partial charge in [-0.3, -0.25) is 0 Å². The van der Waals surface area contributed by atoms with Gasteiger partial charge in [-0.1, -0.05) is 49.6 Å². The fraction of sp³-hybridized carbons (Fsp3) is 0.550. The molecule has 1 aliphatic heterocycles. The Balaban J connectivity index is 1.83. The summed E-state index contributed by atoms with van der Waals surface area (Å²) in [4.78, 5) is 15.0. The molecule has 2 aliphatic rings. The maximum Gasteiger partial charge on any atom is 0.348 e. The van der Waals surface area contributed by atoms with Gasteiger partial charge >= 0.3 is 5.97 Å². The van der Waals surface area contributed by atoms with Gasteiger partial charge in [0, 0.05) is 26.1 Å². The maximum atomic E-state index is 13.0. The second-order valence-corrected chi connectivity index (χ2v) is 7.08. The highest BCUT2D eigenvalue weighted by Crippen LogP contribution is 2.40. The van der Waals surface area contributed by atoms with Crippen LogP contribution in [0.15, 0.2) is 42.4 Å². The van der Waals surface area contributed by atoms with E-state index in [1.807, 2.05) is 42.3 Å². The highest BCUT2D eigenvalue weighted by molar-refractivity contribution is 5.82. The number of rotatable bonds is 4. The Morgan fingerprint density at radius 3 is 2.64 bits per heavy atom. The van der Waals surface area contributed by atoms with Gasteiger partial charge in [0.15, 0.2) is 5.60 Å². The van der Waals surface area contributed by atoms with Crippen molar-refractivity contribution in [1.29, 1.82) is 0 Å². The number of hydrogen-bond acceptors (Lipinski definition) is 5. The standard InChI is InChI=1S/C20H28N2O3/c1-22-14-8-13-21-18(22)15-25-19(23)20(24,16-9-4-2-5-10-16)17-11-6-3-7-12-17/h2,4-5,9-10,15,17,21,24H,3,6-8,11-14H2,1H3/b18-15+. The molecule has 5 nitrogen and oxygen atoms in total. The fourth-order valence-electron chi connectivity index (χ4n) is 3.85. The minimum absolute atomic E-state index is 0.105. The van der Waals surface area contributed by atoms with Crippen LogP contribution in [0.5, 0.6) is 0 Å². The third-order valence-electron chi connectivity index (χ3n) is 5.39. The number of ether oxygens (including phenoxy) is 1. The van der Waals surface area contributed by atoms with Crippen LogP contribution in [0.2, 0.25) is 0 Å². The molecule has 5 heteroatoms. The lowest BCUT2D eigenvalue weighted by Gasteiger charge is -2.36. The Morgan fingerprint density at radius 2 is 1.96 bits per heavy atom. The summed E-state index contributed by atoms with van der Waals surface area (Å²) >= 11 is 0. The van der Waals surface area contributed by atoms with Crippen LogP contribution in [-0.4, -0.2) is 36.1 Å². The van der Waals surface area contributed by atoms with Crippen LogP contribution in [0, 0.1) is 5.92 Å². The second-order valence-electron chi connectivity index (χ2n) is 7.08. The summed E-state index contributed by atoms with van der Waals surface area (Å²) in [7, 11) is 1.95. The third-order valence-corrected chi connectivity index (χ3v) is 5.39. The molecule has 1 unspecified atom stereocenters. The molecule has 0 radical (unpaired) electrons. The molecule has 1 heterocycles. The summed E-state index contributed by atoms with van der Waals surface area (Å²) in [6.45, 7) is 1.78. The van der Waals surface area contributed by atoms with Gasteiger partial charge < -0.3 is 20.1 Å². The SMILES string of the molecule is CN1CCCN/C1=C\OC(=O)C(O)(c1ccccc1)C1CCCCC1. The number of aliphatic hydroxyl groups is 1. The topological polar surface area (TPSA) is 61.8 Å². The van der Waals surface area contributed by atoms with Crippen LogP contribution >= 0.6 is 0 Å². The summed E-state index contributed by atoms with van der Waals surface area (Å²) in [6.07, 6.45) is 7.42. The number of nitrogens with one attached hydrogen (secondary N) is 1. The lowest BCUT2D eigenvalue weighted by atomic mass is 9.73. The molecule has 1 aliphatic carbocycles. The van der Waals surface area contributed by atoms with Gasteiger partial charge in [0.25, 0.3) is 0 Å². The summed E-state index contributed by atoms with van der Waals surface area (Å²) < 4.78 is 5.47. The zero-order valence-electron chi connectivity index (χ0n) is 14.9. The molecule has 1 atom stereocenters. The van der Waals surface area contributed by atoms with Gasteiger partial charge in [0.05, 0.1) is 0 Å². The first-order valence-electron chi connectivity index (χ1n) is 9.26. The van der Waals surface area contributed by atoms with Gasteiger partial charge in [-0.2, -0.15) is 0 Å². The molecule has 1 saturated carbocycles. The van der Waals surface area contributed by atoms with Gasteiger partial charge in [-0.25, -0.2) is 4.79 Å². The molecular formula is C20H28N2O3. The number of benzene rings is 1. The van der Waals surface area contributed by atoms with Crippen molar-refractivity contribution in [3.05, 3.63) is 48.0 Å². The quantitative estimate of drug-likeness (QED) is 0.650. The predicted octanol–water partition coefficient (Wildman–Crippen LogP) is 2.72. The molecule has 2 fully saturated rings. The van der Waals surface area contributed by atoms with E-state index in [1.165, 1.54) is 6.26 Å². The smallest absolute Gasteiger partial charge is 0.348 e. The first kappa shape index (κ1) is 17.8. The van der Waals surface area contributed by atoms with Crippen molar-refractivity contribution in [3.63, 3.8) is 0 Å². The highest BCUT2D eigenvalue weighted by atomic mass is 16.5. The van der Waals surface area contributed by atoms with Crippen LogP contribution in [-0.2, 0) is 15.1 Å². The van der Waals surface area contributed by atoms with E-state index >= 15 is 0 Å². The Kier molecular flexibility index (Phi) is 5.63. The van der Waals surface area contributed by atoms with Crippen LogP contribution in [0.1, 0.15) is 44.1 Å². The average molecular weight is 344 g/mol. The van der Waals surface area contributed by atoms with E-state index in [0.717, 1.165) is 57.4 Å². The van der Waals surface area contributed by atoms with E-state index in [1.54, 1.807) is 0 Å². The zero-order valence-corrected chi connectivity index (χ0v) is 14.9. The van der Waals surface area contributed by atoms with Crippen molar-refractivity contribution in [2.24, 2.45) is 5.92 Å². The van der Waals surface area contributed by atoms with Gasteiger partial charge in [0.1, 0.15) is 12.1 Å². The first-order valence-corrected chi connectivity index (χ1v) is 9.26. The summed E-state index contributed by atoms with van der Waals surface area (Å²) in [5.74, 6) is 0.0872. The number of hydrogen-bond donors (Lipinski definition) is 2. The zero-order chi connectivity index (χ0) is 17.7. The molecular weight excluding hydrogens is 316 g/mol. The van der Waals surface area contributed by atoms with E-state index in [4.69, 9.17) is 4.74 Å². The second kappa shape index (κ2) is 7.91. The van der Waals surface area contributed by atoms with Crippen LogP contribution in [0.3, 0.4) is 0 Å². The lowest BCUT2D eigenvalue weighted by Crippen LogP contribution is -2.45. The van der Waals surface area contributed by atoms with Crippen molar-refractivity contribution >= 4 is 5.97 Å². The van der Waals surface area contributed by atoms with E-state index in [2.05, 4.69) is 5.32 Å². The monoisotopic (exact) mass is 344 g/mol. The predicted molar refractivity (Wildman–Crippen MR) is 96.3 cm³/mol. The number of carbonyl (C=O) groups is 1. The average Bonchev–Trinajstić information content (AvgIpc) is 2.68. The molecule has 0 aromatic heterocycles. The Labute approximate surface area is 149 Å². The fourth-order valence-corrected chi connectivity index (χ4v) is 3.85. The van der Waals surface area contributed by atoms with Gasteiger partial charge in [-0.05, 0) is 24.8 Å². The van der Waals surface area contributed by atoms with Crippen molar-refractivity contribution in [2.75, 3.05) is 20.1 Å². The number of nitrogens with zero attached hydrogens (tertiary/aromatic N) is 1. The molecule has 3 rings (SSSR count). The molecule has 1 saturated heterocycles. The van der Waals surface area contributed by atoms with Gasteiger partial charge in [0.2, 0.25) is 0 Å². The van der Waals surface area contributed by atoms with Crippen molar-refractivity contribution in [2.45, 2.75) is 44.1 Å². The molecule has 136 valence electrons. The minimum atomic E-state index is -1.59. The Hall–Kier alpha value is -2.01. The highest BCUT2D eigenvalue weighted by Gasteiger charge is 2.47. The lowest BCUT2D eigenvalue weighted by molar-refractivity contribution is -0.169. The number of esters is 1. The minimum Gasteiger partial charge on any atom is -0.428 e. The normalized spacial score (nSPS) is 23.0. The van der Waals surface area contributed by atoms with E-state index < -0.39 is 11.6 Å². The molecule has 0 amide bonds. The Bertz CT molecular complexity index is 611. The summed E-state index contributed by atoms with van der Waals surface area (Å²) in [6, 6.07) is 9.22. The number of carbonyl (C=O) groups excluding carboxylic acids is 1.